The molecule has 0 aliphatic carbocycles. The highest BCUT2D eigenvalue weighted by Crippen LogP contribution is 2.19. The van der Waals surface area contributed by atoms with Gasteiger partial charge in [-0.25, -0.2) is 0 Å². The maximum absolute atomic E-state index is 2.34. The molecule has 0 radical (unpaired) electrons. The van der Waals surface area contributed by atoms with Crippen molar-refractivity contribution < 1.29 is 0 Å². The minimum absolute atomic E-state index is 0.900. The predicted molar refractivity (Wildman–Crippen MR) is 434 cm³/mol. The van der Waals surface area contributed by atoms with Crippen LogP contribution in [0.3, 0.4) is 0 Å². The maximum atomic E-state index is 2.34. The summed E-state index contributed by atoms with van der Waals surface area (Å²) in [7, 11) is 0. The standard InChI is InChI=1S/C19H40.C17H36.C15H32.C13H28.C11H24.C9H20.C7H16/c1-4-5-6-7-8-9-10-11-12-13-14-15-16-17-18-19(2)3;1-4-5-6-7-8-9-10-11-12-13-14-15-16-17(2)3;1-4-5-6-7-8-9-10-11-12-13-14-15(2)3;1-4-5-6-7-8-9-10-11-12-13(2)3;1-4-5-6-7-8-9-10-11(2)3;1-4-5-6-7-8-9(2)3;1-4-5-6-7(2)3/h19H,4-18H2,1-3H3;17H,4-16H2,1-3H3;15H,4-14H2,1-3H3;13H,4-12H2,1-3H3;11H,4-10H2,1-3H3;9H,4-8H2,1-3H3;7H,4-6H2,1-3H3. The zero-order valence-electron chi connectivity index (χ0n) is 69.6. The lowest BCUT2D eigenvalue weighted by Gasteiger charge is -2.04. The highest BCUT2D eigenvalue weighted by atomic mass is 14.1. The van der Waals surface area contributed by atoms with Crippen LogP contribution in [0.1, 0.15) is 550 Å². The molecule has 0 amide bonds. The summed E-state index contributed by atoms with van der Waals surface area (Å²) in [5, 5.41) is 0. The molecule has 0 unspecified atom stereocenters. The Morgan fingerprint density at radius 2 is 0.176 bits per heavy atom. The Balaban J connectivity index is -0.000000185. The molecule has 0 saturated heterocycles. The van der Waals surface area contributed by atoms with Crippen LogP contribution in [-0.2, 0) is 0 Å². The molecule has 0 heteroatoms. The number of hydrogen-bond donors (Lipinski definition) is 0. The quantitative estimate of drug-likeness (QED) is 0.0533. The summed E-state index contributed by atoms with van der Waals surface area (Å²) in [6.07, 6.45) is 91.2. The fourth-order valence-corrected chi connectivity index (χ4v) is 11.8. The molecule has 91 heavy (non-hydrogen) atoms. The van der Waals surface area contributed by atoms with Crippen LogP contribution < -0.4 is 0 Å². The molecule has 0 bridgehead atoms. The second-order valence-corrected chi connectivity index (χ2v) is 32.6. The van der Waals surface area contributed by atoms with Crippen molar-refractivity contribution in [2.45, 2.75) is 550 Å². The fraction of sp³-hybridized carbons (Fsp3) is 1.00. The van der Waals surface area contributed by atoms with Gasteiger partial charge in [0.15, 0.2) is 0 Å². The molecule has 0 spiro atoms. The zero-order chi connectivity index (χ0) is 69.6. The molecule has 0 rings (SSSR count). The van der Waals surface area contributed by atoms with Gasteiger partial charge in [-0.2, -0.15) is 0 Å². The van der Waals surface area contributed by atoms with Gasteiger partial charge in [0, 0.05) is 0 Å². The Hall–Kier alpha value is 0. The molecule has 0 aromatic rings. The summed E-state index contributed by atoms with van der Waals surface area (Å²) in [6.45, 7) is 48.3. The molecular weight excluding hydrogens is 1090 g/mol. The summed E-state index contributed by atoms with van der Waals surface area (Å²) in [5.41, 5.74) is 0. The molecule has 0 fully saturated rings. The molecule has 0 saturated carbocycles. The first-order chi connectivity index (χ1) is 43.9. The Kier molecular flexibility index (Phi) is 116. The minimum atomic E-state index is 0.900. The fourth-order valence-electron chi connectivity index (χ4n) is 11.8. The van der Waals surface area contributed by atoms with Crippen molar-refractivity contribution in [3.63, 3.8) is 0 Å². The van der Waals surface area contributed by atoms with Gasteiger partial charge in [-0.05, 0) is 41.4 Å². The largest absolute Gasteiger partial charge is 0.0654 e. The van der Waals surface area contributed by atoms with Crippen LogP contribution in [0.2, 0.25) is 0 Å². The third-order valence-corrected chi connectivity index (χ3v) is 18.4. The van der Waals surface area contributed by atoms with Crippen LogP contribution in [0.5, 0.6) is 0 Å². The molecule has 0 atom stereocenters. The van der Waals surface area contributed by atoms with Crippen molar-refractivity contribution in [3.05, 3.63) is 0 Å². The predicted octanol–water partition coefficient (Wildman–Crippen LogP) is 36.2. The second-order valence-electron chi connectivity index (χ2n) is 32.6. The maximum Gasteiger partial charge on any atom is -0.0471 e. The first-order valence-electron chi connectivity index (χ1n) is 43.9. The van der Waals surface area contributed by atoms with Crippen molar-refractivity contribution in [3.8, 4) is 0 Å². The van der Waals surface area contributed by atoms with Gasteiger partial charge in [-0.1, -0.05) is 550 Å². The van der Waals surface area contributed by atoms with Crippen LogP contribution in [0.4, 0.5) is 0 Å². The molecule has 0 aromatic heterocycles. The van der Waals surface area contributed by atoms with Crippen LogP contribution in [0.25, 0.3) is 0 Å². The Labute approximate surface area is 588 Å². The zero-order valence-corrected chi connectivity index (χ0v) is 69.6. The van der Waals surface area contributed by atoms with E-state index >= 15 is 0 Å². The Morgan fingerprint density at radius 1 is 0.0989 bits per heavy atom. The lowest BCUT2D eigenvalue weighted by molar-refractivity contribution is 0.502. The average Bonchev–Trinajstić information content (AvgIpc) is 3.50. The number of unbranched alkanes of at least 4 members (excludes halogenated alkanes) is 49. The van der Waals surface area contributed by atoms with Crippen molar-refractivity contribution in [1.29, 1.82) is 0 Å². The van der Waals surface area contributed by atoms with E-state index in [1.54, 1.807) is 0 Å². The van der Waals surface area contributed by atoms with E-state index < -0.39 is 0 Å². The molecule has 0 nitrogen and oxygen atoms in total. The molecular formula is C91H196. The number of rotatable bonds is 63. The first-order valence-corrected chi connectivity index (χ1v) is 43.9. The van der Waals surface area contributed by atoms with E-state index in [1.807, 2.05) is 0 Å². The second kappa shape index (κ2) is 101. The molecule has 0 N–H and O–H groups in total. The molecule has 0 heterocycles. The molecule has 0 aliphatic heterocycles. The SMILES string of the molecule is CCCCC(C)C.CCCCCCC(C)C.CCCCCCCCC(C)C.CCCCCCCCCCC(C)C.CCCCCCCCCCCCC(C)C.CCCCCCCCCCCCCCC(C)C.CCCCCCCCCCCCCCCCC(C)C. The topological polar surface area (TPSA) is 0 Å². The number of hydrogen-bond acceptors (Lipinski definition) is 0. The van der Waals surface area contributed by atoms with Crippen molar-refractivity contribution >= 4 is 0 Å². The van der Waals surface area contributed by atoms with Crippen molar-refractivity contribution in [2.24, 2.45) is 41.4 Å². The highest BCUT2D eigenvalue weighted by Gasteiger charge is 2.01. The average molecular weight is 1290 g/mol. The van der Waals surface area contributed by atoms with Gasteiger partial charge in [0.25, 0.3) is 0 Å². The lowest BCUT2D eigenvalue weighted by Crippen LogP contribution is -1.87. The van der Waals surface area contributed by atoms with Gasteiger partial charge in [-0.3, -0.25) is 0 Å². The van der Waals surface area contributed by atoms with Crippen LogP contribution in [-0.4, -0.2) is 0 Å². The normalized spacial score (nSPS) is 11.1. The Bertz CT molecular complexity index is 1060. The highest BCUT2D eigenvalue weighted by molar-refractivity contribution is 4.55. The van der Waals surface area contributed by atoms with E-state index in [4.69, 9.17) is 0 Å². The van der Waals surface area contributed by atoms with Gasteiger partial charge < -0.3 is 0 Å². The summed E-state index contributed by atoms with van der Waals surface area (Å²) in [6, 6.07) is 0. The monoisotopic (exact) mass is 1290 g/mol. The van der Waals surface area contributed by atoms with E-state index in [9.17, 15) is 0 Å². The van der Waals surface area contributed by atoms with Crippen molar-refractivity contribution in [1.82, 2.24) is 0 Å². The van der Waals surface area contributed by atoms with Gasteiger partial charge in [-0.15, -0.1) is 0 Å². The van der Waals surface area contributed by atoms with E-state index in [-0.39, 0.29) is 0 Å². The van der Waals surface area contributed by atoms with E-state index in [0.29, 0.717) is 0 Å². The van der Waals surface area contributed by atoms with Gasteiger partial charge in [0.2, 0.25) is 0 Å². The van der Waals surface area contributed by atoms with Crippen molar-refractivity contribution in [2.75, 3.05) is 0 Å². The summed E-state index contributed by atoms with van der Waals surface area (Å²) >= 11 is 0. The van der Waals surface area contributed by atoms with Gasteiger partial charge in [0.1, 0.15) is 0 Å². The first kappa shape index (κ1) is 104. The summed E-state index contributed by atoms with van der Waals surface area (Å²) in [5.74, 6) is 6.32. The molecule has 560 valence electrons. The van der Waals surface area contributed by atoms with E-state index in [1.165, 1.54) is 405 Å². The van der Waals surface area contributed by atoms with E-state index in [0.717, 1.165) is 41.4 Å². The summed E-state index contributed by atoms with van der Waals surface area (Å²) < 4.78 is 0. The van der Waals surface area contributed by atoms with Crippen LogP contribution in [0.15, 0.2) is 0 Å². The van der Waals surface area contributed by atoms with Gasteiger partial charge >= 0.3 is 0 Å². The smallest absolute Gasteiger partial charge is 0.0471 e. The van der Waals surface area contributed by atoms with Crippen LogP contribution >= 0.6 is 0 Å². The third-order valence-electron chi connectivity index (χ3n) is 18.4. The van der Waals surface area contributed by atoms with Gasteiger partial charge in [0.05, 0.1) is 0 Å². The summed E-state index contributed by atoms with van der Waals surface area (Å²) in [4.78, 5) is 0. The Morgan fingerprint density at radius 3 is 0.264 bits per heavy atom. The molecule has 0 aliphatic rings. The molecule has 0 aromatic carbocycles. The van der Waals surface area contributed by atoms with Crippen LogP contribution in [0, 0.1) is 41.4 Å². The lowest BCUT2D eigenvalue weighted by atomic mass is 10.0. The minimum Gasteiger partial charge on any atom is -0.0654 e. The van der Waals surface area contributed by atoms with E-state index in [2.05, 4.69) is 145 Å². The third kappa shape index (κ3) is 142.